The molecule has 0 saturated heterocycles. The van der Waals surface area contributed by atoms with E-state index in [2.05, 4.69) is 10.3 Å². The zero-order valence-corrected chi connectivity index (χ0v) is 16.0. The summed E-state index contributed by atoms with van der Waals surface area (Å²) in [5.41, 5.74) is 1.93. The van der Waals surface area contributed by atoms with Crippen molar-refractivity contribution in [1.82, 2.24) is 9.29 Å². The lowest BCUT2D eigenvalue weighted by molar-refractivity contribution is 0.410. The number of nitrogens with one attached hydrogen (secondary N) is 1. The van der Waals surface area contributed by atoms with Gasteiger partial charge in [-0.25, -0.2) is 13.4 Å². The summed E-state index contributed by atoms with van der Waals surface area (Å²) in [6.45, 7) is 4.28. The van der Waals surface area contributed by atoms with Gasteiger partial charge in [-0.15, -0.1) is 0 Å². The number of aromatic nitrogens is 1. The maximum atomic E-state index is 12.5. The highest BCUT2D eigenvalue weighted by molar-refractivity contribution is 7.89. The molecule has 0 atom stereocenters. The first-order chi connectivity index (χ1) is 12.4. The SMILES string of the molecule is CC(C)N(C)S(=O)(=O)c1ccc(CNc2ccc3ccccc3n2)cc1. The van der Waals surface area contributed by atoms with Gasteiger partial charge >= 0.3 is 0 Å². The van der Waals surface area contributed by atoms with Crippen molar-refractivity contribution in [2.45, 2.75) is 31.3 Å². The molecular formula is C20H23N3O2S. The van der Waals surface area contributed by atoms with E-state index in [4.69, 9.17) is 0 Å². The minimum absolute atomic E-state index is 0.0830. The topological polar surface area (TPSA) is 62.3 Å². The van der Waals surface area contributed by atoms with Gasteiger partial charge in [0.2, 0.25) is 10.0 Å². The number of sulfonamides is 1. The number of hydrogen-bond acceptors (Lipinski definition) is 4. The summed E-state index contributed by atoms with van der Waals surface area (Å²) in [6.07, 6.45) is 0. The minimum Gasteiger partial charge on any atom is -0.366 e. The molecule has 0 unspecified atom stereocenters. The summed E-state index contributed by atoms with van der Waals surface area (Å²) in [7, 11) is -1.85. The molecule has 0 radical (unpaired) electrons. The summed E-state index contributed by atoms with van der Waals surface area (Å²) in [5.74, 6) is 0.792. The van der Waals surface area contributed by atoms with Gasteiger partial charge in [0.05, 0.1) is 10.4 Å². The average molecular weight is 369 g/mol. The molecule has 0 bridgehead atoms. The molecule has 0 aliphatic carbocycles. The number of anilines is 1. The van der Waals surface area contributed by atoms with Crippen LogP contribution >= 0.6 is 0 Å². The predicted octanol–water partition coefficient (Wildman–Crippen LogP) is 3.88. The summed E-state index contributed by atoms with van der Waals surface area (Å²) >= 11 is 0. The van der Waals surface area contributed by atoms with E-state index in [1.807, 2.05) is 62.4 Å². The van der Waals surface area contributed by atoms with Crippen molar-refractivity contribution in [3.05, 3.63) is 66.2 Å². The van der Waals surface area contributed by atoms with Gasteiger partial charge in [-0.3, -0.25) is 0 Å². The summed E-state index contributed by atoms with van der Waals surface area (Å²) < 4.78 is 26.4. The Labute approximate surface area is 154 Å². The Morgan fingerprint density at radius 3 is 2.38 bits per heavy atom. The quantitative estimate of drug-likeness (QED) is 0.716. The van der Waals surface area contributed by atoms with E-state index in [1.54, 1.807) is 19.2 Å². The van der Waals surface area contributed by atoms with Crippen molar-refractivity contribution in [3.8, 4) is 0 Å². The molecule has 26 heavy (non-hydrogen) atoms. The molecule has 0 amide bonds. The predicted molar refractivity (Wildman–Crippen MR) is 106 cm³/mol. The Hall–Kier alpha value is -2.44. The van der Waals surface area contributed by atoms with Crippen LogP contribution in [0.3, 0.4) is 0 Å². The normalized spacial score (nSPS) is 12.0. The average Bonchev–Trinajstić information content (AvgIpc) is 2.65. The Bertz CT molecular complexity index is 999. The minimum atomic E-state index is -3.45. The summed E-state index contributed by atoms with van der Waals surface area (Å²) in [4.78, 5) is 4.88. The molecule has 0 aliphatic rings. The molecule has 0 saturated carbocycles. The van der Waals surface area contributed by atoms with Crippen LogP contribution in [-0.4, -0.2) is 30.8 Å². The molecule has 1 heterocycles. The van der Waals surface area contributed by atoms with Crippen LogP contribution in [0.5, 0.6) is 0 Å². The number of pyridine rings is 1. The highest BCUT2D eigenvalue weighted by Crippen LogP contribution is 2.18. The van der Waals surface area contributed by atoms with Crippen LogP contribution in [-0.2, 0) is 16.6 Å². The Morgan fingerprint density at radius 2 is 1.69 bits per heavy atom. The number of nitrogens with zero attached hydrogens (tertiary/aromatic N) is 2. The molecule has 2 aromatic carbocycles. The lowest BCUT2D eigenvalue weighted by Crippen LogP contribution is -2.33. The van der Waals surface area contributed by atoms with Crippen molar-refractivity contribution in [2.24, 2.45) is 0 Å². The zero-order chi connectivity index (χ0) is 18.7. The van der Waals surface area contributed by atoms with Crippen LogP contribution in [0.4, 0.5) is 5.82 Å². The van der Waals surface area contributed by atoms with Crippen molar-refractivity contribution >= 4 is 26.7 Å². The Morgan fingerprint density at radius 1 is 1.00 bits per heavy atom. The van der Waals surface area contributed by atoms with Crippen LogP contribution in [0.2, 0.25) is 0 Å². The van der Waals surface area contributed by atoms with Crippen molar-refractivity contribution in [1.29, 1.82) is 0 Å². The molecule has 136 valence electrons. The third-order valence-corrected chi connectivity index (χ3v) is 6.45. The molecule has 3 rings (SSSR count). The van der Waals surface area contributed by atoms with Gasteiger partial charge in [-0.05, 0) is 49.7 Å². The standard InChI is InChI=1S/C20H23N3O2S/c1-15(2)23(3)26(24,25)18-11-8-16(9-12-18)14-21-20-13-10-17-6-4-5-7-19(17)22-20/h4-13,15H,14H2,1-3H3,(H,21,22). The molecule has 3 aromatic rings. The third kappa shape index (κ3) is 3.86. The number of para-hydroxylation sites is 1. The highest BCUT2D eigenvalue weighted by Gasteiger charge is 2.22. The maximum Gasteiger partial charge on any atom is 0.243 e. The van der Waals surface area contributed by atoms with Gasteiger partial charge in [0.1, 0.15) is 5.82 Å². The van der Waals surface area contributed by atoms with Crippen molar-refractivity contribution in [2.75, 3.05) is 12.4 Å². The number of benzene rings is 2. The van der Waals surface area contributed by atoms with Crippen LogP contribution in [0.25, 0.3) is 10.9 Å². The smallest absolute Gasteiger partial charge is 0.243 e. The largest absolute Gasteiger partial charge is 0.366 e. The van der Waals surface area contributed by atoms with E-state index in [9.17, 15) is 8.42 Å². The van der Waals surface area contributed by atoms with Crippen LogP contribution in [0, 0.1) is 0 Å². The number of rotatable bonds is 6. The molecule has 6 heteroatoms. The maximum absolute atomic E-state index is 12.5. The molecule has 1 N–H and O–H groups in total. The summed E-state index contributed by atoms with van der Waals surface area (Å²) in [6, 6.07) is 18.8. The molecule has 0 fully saturated rings. The molecular weight excluding hydrogens is 346 g/mol. The van der Waals surface area contributed by atoms with Gasteiger partial charge < -0.3 is 5.32 Å². The summed E-state index contributed by atoms with van der Waals surface area (Å²) in [5, 5.41) is 4.38. The van der Waals surface area contributed by atoms with E-state index in [0.29, 0.717) is 11.4 Å². The monoisotopic (exact) mass is 369 g/mol. The second kappa shape index (κ2) is 7.43. The fraction of sp³-hybridized carbons (Fsp3) is 0.250. The van der Waals surface area contributed by atoms with Gasteiger partial charge in [-0.1, -0.05) is 30.3 Å². The van der Waals surface area contributed by atoms with Crippen molar-refractivity contribution in [3.63, 3.8) is 0 Å². The Balaban J connectivity index is 1.71. The Kier molecular flexibility index (Phi) is 5.25. The van der Waals surface area contributed by atoms with Crippen LogP contribution in [0.1, 0.15) is 19.4 Å². The van der Waals surface area contributed by atoms with E-state index < -0.39 is 10.0 Å². The second-order valence-electron chi connectivity index (χ2n) is 6.50. The molecule has 0 aliphatic heterocycles. The fourth-order valence-corrected chi connectivity index (χ4v) is 3.95. The molecule has 0 spiro atoms. The molecule has 1 aromatic heterocycles. The van der Waals surface area contributed by atoms with Crippen LogP contribution < -0.4 is 5.32 Å². The zero-order valence-electron chi connectivity index (χ0n) is 15.2. The van der Waals surface area contributed by atoms with Gasteiger partial charge in [0.25, 0.3) is 0 Å². The van der Waals surface area contributed by atoms with E-state index in [0.717, 1.165) is 22.3 Å². The van der Waals surface area contributed by atoms with E-state index in [-0.39, 0.29) is 6.04 Å². The lowest BCUT2D eigenvalue weighted by Gasteiger charge is -2.21. The highest BCUT2D eigenvalue weighted by atomic mass is 32.2. The number of hydrogen-bond donors (Lipinski definition) is 1. The van der Waals surface area contributed by atoms with Gasteiger partial charge in [-0.2, -0.15) is 4.31 Å². The number of fused-ring (bicyclic) bond motifs is 1. The second-order valence-corrected chi connectivity index (χ2v) is 8.50. The van der Waals surface area contributed by atoms with Gasteiger partial charge in [0.15, 0.2) is 0 Å². The first-order valence-corrected chi connectivity index (χ1v) is 9.98. The van der Waals surface area contributed by atoms with Crippen molar-refractivity contribution < 1.29 is 8.42 Å². The fourth-order valence-electron chi connectivity index (χ4n) is 2.58. The third-order valence-electron chi connectivity index (χ3n) is 4.40. The van der Waals surface area contributed by atoms with E-state index >= 15 is 0 Å². The van der Waals surface area contributed by atoms with E-state index in [1.165, 1.54) is 4.31 Å². The van der Waals surface area contributed by atoms with Crippen LogP contribution in [0.15, 0.2) is 65.6 Å². The van der Waals surface area contributed by atoms with Gasteiger partial charge in [0, 0.05) is 25.0 Å². The molecule has 5 nitrogen and oxygen atoms in total. The first kappa shape index (κ1) is 18.4. The first-order valence-electron chi connectivity index (χ1n) is 8.54. The lowest BCUT2D eigenvalue weighted by atomic mass is 10.2.